The van der Waals surface area contributed by atoms with E-state index in [-0.39, 0.29) is 30.4 Å². The molecule has 4 rings (SSSR count). The quantitative estimate of drug-likeness (QED) is 0.742. The smallest absolute Gasteiger partial charge is 0.227 e. The van der Waals surface area contributed by atoms with E-state index in [1.54, 1.807) is 12.4 Å². The summed E-state index contributed by atoms with van der Waals surface area (Å²) in [6.45, 7) is 4.15. The number of carbonyl (C=O) groups is 1. The SMILES string of the molecule is CC(C)c1cnc2nn(-c3cc(NC(=O)C4CC(F)C4)ccc3F)cc2c1. The summed E-state index contributed by atoms with van der Waals surface area (Å²) < 4.78 is 28.7. The maximum atomic E-state index is 14.4. The average Bonchev–Trinajstić information content (AvgIpc) is 3.03. The number of carbonyl (C=O) groups excluding carboxylic acids is 1. The van der Waals surface area contributed by atoms with Gasteiger partial charge in [-0.3, -0.25) is 4.79 Å². The first-order valence-electron chi connectivity index (χ1n) is 9.01. The number of alkyl halides is 1. The van der Waals surface area contributed by atoms with Crippen LogP contribution in [0.3, 0.4) is 0 Å². The fourth-order valence-electron chi connectivity index (χ4n) is 3.14. The first-order chi connectivity index (χ1) is 12.9. The number of benzene rings is 1. The van der Waals surface area contributed by atoms with E-state index in [9.17, 15) is 13.6 Å². The zero-order valence-corrected chi connectivity index (χ0v) is 15.1. The standard InChI is InChI=1S/C20H20F2N4O/c1-11(2)13-5-14-10-26(25-19(14)23-9-13)18-8-16(3-4-17(18)22)24-20(27)12-6-15(21)7-12/h3-5,8-12,15H,6-7H2,1-2H3,(H,24,27). The number of nitrogens with one attached hydrogen (secondary N) is 1. The molecule has 0 saturated heterocycles. The van der Waals surface area contributed by atoms with Gasteiger partial charge in [0.2, 0.25) is 5.91 Å². The molecular formula is C20H20F2N4O. The highest BCUT2D eigenvalue weighted by Crippen LogP contribution is 2.31. The van der Waals surface area contributed by atoms with Crippen molar-refractivity contribution in [1.82, 2.24) is 14.8 Å². The largest absolute Gasteiger partial charge is 0.326 e. The lowest BCUT2D eigenvalue weighted by Crippen LogP contribution is -2.35. The molecule has 0 unspecified atom stereocenters. The molecule has 1 N–H and O–H groups in total. The summed E-state index contributed by atoms with van der Waals surface area (Å²) in [6, 6.07) is 6.28. The molecule has 27 heavy (non-hydrogen) atoms. The second-order valence-corrected chi connectivity index (χ2v) is 7.33. The molecule has 0 radical (unpaired) electrons. The molecule has 1 amide bonds. The molecule has 2 heterocycles. The van der Waals surface area contributed by atoms with Gasteiger partial charge in [-0.2, -0.15) is 0 Å². The van der Waals surface area contributed by atoms with Crippen molar-refractivity contribution >= 4 is 22.6 Å². The topological polar surface area (TPSA) is 59.8 Å². The highest BCUT2D eigenvalue weighted by molar-refractivity contribution is 5.93. The fourth-order valence-corrected chi connectivity index (χ4v) is 3.14. The van der Waals surface area contributed by atoms with Crippen molar-refractivity contribution in [3.63, 3.8) is 0 Å². The van der Waals surface area contributed by atoms with Crippen LogP contribution in [0.4, 0.5) is 14.5 Å². The number of fused-ring (bicyclic) bond motifs is 1. The number of amides is 1. The lowest BCUT2D eigenvalue weighted by atomic mass is 9.83. The minimum Gasteiger partial charge on any atom is -0.326 e. The predicted molar refractivity (Wildman–Crippen MR) is 99.2 cm³/mol. The number of hydrogen-bond acceptors (Lipinski definition) is 3. The molecule has 1 saturated carbocycles. The van der Waals surface area contributed by atoms with Crippen molar-refractivity contribution in [1.29, 1.82) is 0 Å². The molecule has 0 aliphatic heterocycles. The van der Waals surface area contributed by atoms with Crippen LogP contribution in [0.15, 0.2) is 36.7 Å². The second-order valence-electron chi connectivity index (χ2n) is 7.33. The van der Waals surface area contributed by atoms with Gasteiger partial charge in [0.05, 0.1) is 0 Å². The molecule has 3 aromatic rings. The molecule has 0 spiro atoms. The first kappa shape index (κ1) is 17.6. The summed E-state index contributed by atoms with van der Waals surface area (Å²) in [5.74, 6) is -0.692. The summed E-state index contributed by atoms with van der Waals surface area (Å²) in [4.78, 5) is 16.4. The normalized spacial score (nSPS) is 19.3. The third-order valence-electron chi connectivity index (χ3n) is 4.96. The van der Waals surface area contributed by atoms with Crippen molar-refractivity contribution < 1.29 is 13.6 Å². The Morgan fingerprint density at radius 2 is 2.07 bits per heavy atom. The Kier molecular flexibility index (Phi) is 4.37. The molecule has 1 aliphatic carbocycles. The second kappa shape index (κ2) is 6.72. The summed E-state index contributed by atoms with van der Waals surface area (Å²) >= 11 is 0. The third-order valence-corrected chi connectivity index (χ3v) is 4.96. The minimum atomic E-state index is -0.899. The molecular weight excluding hydrogens is 350 g/mol. The van der Waals surface area contributed by atoms with E-state index in [1.807, 2.05) is 6.07 Å². The van der Waals surface area contributed by atoms with Crippen LogP contribution >= 0.6 is 0 Å². The van der Waals surface area contributed by atoms with Gasteiger partial charge in [-0.1, -0.05) is 13.8 Å². The Hall–Kier alpha value is -2.83. The van der Waals surface area contributed by atoms with Crippen LogP contribution in [-0.2, 0) is 4.79 Å². The fraction of sp³-hybridized carbons (Fsp3) is 0.350. The van der Waals surface area contributed by atoms with Crippen molar-refractivity contribution in [3.8, 4) is 5.69 Å². The van der Waals surface area contributed by atoms with E-state index in [0.29, 0.717) is 17.3 Å². The lowest BCUT2D eigenvalue weighted by molar-refractivity contribution is -0.124. The van der Waals surface area contributed by atoms with Gasteiger partial charge >= 0.3 is 0 Å². The van der Waals surface area contributed by atoms with E-state index >= 15 is 0 Å². The van der Waals surface area contributed by atoms with Crippen LogP contribution in [-0.4, -0.2) is 26.8 Å². The Labute approximate surface area is 155 Å². The van der Waals surface area contributed by atoms with E-state index in [4.69, 9.17) is 0 Å². The molecule has 1 aliphatic rings. The molecule has 0 atom stereocenters. The molecule has 2 aromatic heterocycles. The van der Waals surface area contributed by atoms with Crippen molar-refractivity contribution in [2.24, 2.45) is 5.92 Å². The van der Waals surface area contributed by atoms with Crippen molar-refractivity contribution in [3.05, 3.63) is 48.0 Å². The number of anilines is 1. The van der Waals surface area contributed by atoms with Crippen LogP contribution in [0.25, 0.3) is 16.7 Å². The summed E-state index contributed by atoms with van der Waals surface area (Å²) in [6.07, 6.45) is 3.08. The van der Waals surface area contributed by atoms with Gasteiger partial charge in [-0.05, 0) is 48.6 Å². The first-order valence-corrected chi connectivity index (χ1v) is 9.01. The molecule has 0 bridgehead atoms. The third kappa shape index (κ3) is 3.41. The molecule has 1 aromatic carbocycles. The number of aromatic nitrogens is 3. The zero-order valence-electron chi connectivity index (χ0n) is 15.1. The Bertz CT molecular complexity index is 1010. The summed E-state index contributed by atoms with van der Waals surface area (Å²) in [5, 5.41) is 7.89. The summed E-state index contributed by atoms with van der Waals surface area (Å²) in [5.41, 5.74) is 2.27. The van der Waals surface area contributed by atoms with Gasteiger partial charge in [-0.15, -0.1) is 5.10 Å². The van der Waals surface area contributed by atoms with E-state index in [0.717, 1.165) is 10.9 Å². The summed E-state index contributed by atoms with van der Waals surface area (Å²) in [7, 11) is 0. The maximum Gasteiger partial charge on any atom is 0.227 e. The van der Waals surface area contributed by atoms with Crippen LogP contribution in [0, 0.1) is 11.7 Å². The number of pyridine rings is 1. The maximum absolute atomic E-state index is 14.4. The van der Waals surface area contributed by atoms with Gasteiger partial charge in [0.15, 0.2) is 5.65 Å². The number of hydrogen-bond donors (Lipinski definition) is 1. The van der Waals surface area contributed by atoms with Gasteiger partial charge < -0.3 is 5.32 Å². The molecule has 5 nitrogen and oxygen atoms in total. The zero-order chi connectivity index (χ0) is 19.1. The van der Waals surface area contributed by atoms with Crippen molar-refractivity contribution in [2.45, 2.75) is 38.8 Å². The minimum absolute atomic E-state index is 0.217. The number of rotatable bonds is 4. The van der Waals surface area contributed by atoms with E-state index in [1.165, 1.54) is 22.9 Å². The van der Waals surface area contributed by atoms with Crippen LogP contribution in [0.5, 0.6) is 0 Å². The highest BCUT2D eigenvalue weighted by atomic mass is 19.1. The Morgan fingerprint density at radius 3 is 2.78 bits per heavy atom. The molecule has 7 heteroatoms. The highest BCUT2D eigenvalue weighted by Gasteiger charge is 2.34. The Morgan fingerprint density at radius 1 is 1.30 bits per heavy atom. The van der Waals surface area contributed by atoms with Crippen LogP contribution in [0.2, 0.25) is 0 Å². The van der Waals surface area contributed by atoms with Gasteiger partial charge in [0, 0.05) is 29.4 Å². The van der Waals surface area contributed by atoms with E-state index in [2.05, 4.69) is 29.2 Å². The monoisotopic (exact) mass is 370 g/mol. The van der Waals surface area contributed by atoms with Crippen LogP contribution in [0.1, 0.15) is 38.2 Å². The molecule has 140 valence electrons. The number of halogens is 2. The Balaban J connectivity index is 1.63. The van der Waals surface area contributed by atoms with Gasteiger partial charge in [0.25, 0.3) is 0 Å². The lowest BCUT2D eigenvalue weighted by Gasteiger charge is -2.28. The molecule has 1 fully saturated rings. The van der Waals surface area contributed by atoms with Gasteiger partial charge in [0.1, 0.15) is 17.7 Å². The van der Waals surface area contributed by atoms with Crippen LogP contribution < -0.4 is 5.32 Å². The van der Waals surface area contributed by atoms with Gasteiger partial charge in [-0.25, -0.2) is 18.4 Å². The number of nitrogens with zero attached hydrogens (tertiary/aromatic N) is 3. The van der Waals surface area contributed by atoms with Crippen molar-refractivity contribution in [2.75, 3.05) is 5.32 Å². The van der Waals surface area contributed by atoms with E-state index < -0.39 is 12.0 Å². The average molecular weight is 370 g/mol. The predicted octanol–water partition coefficient (Wildman–Crippen LogP) is 4.37.